The third-order valence-corrected chi connectivity index (χ3v) is 3.29. The van der Waals surface area contributed by atoms with E-state index < -0.39 is 11.6 Å². The molecule has 5 nitrogen and oxygen atoms in total. The summed E-state index contributed by atoms with van der Waals surface area (Å²) in [5.74, 6) is -1.10. The van der Waals surface area contributed by atoms with E-state index in [4.69, 9.17) is 23.7 Å². The zero-order chi connectivity index (χ0) is 12.3. The van der Waals surface area contributed by atoms with E-state index >= 15 is 0 Å². The topological polar surface area (TPSA) is 49.5 Å². The molecule has 0 aromatic carbocycles. The summed E-state index contributed by atoms with van der Waals surface area (Å²) in [6.07, 6.45) is -0.0955. The number of hydrogen-bond acceptors (Lipinski definition) is 5. The van der Waals surface area contributed by atoms with Gasteiger partial charge in [0.15, 0.2) is 11.6 Å². The van der Waals surface area contributed by atoms with Crippen LogP contribution in [0.15, 0.2) is 0 Å². The molecular formula is C12H20O5. The van der Waals surface area contributed by atoms with Gasteiger partial charge in [-0.05, 0) is 27.7 Å². The van der Waals surface area contributed by atoms with Gasteiger partial charge in [-0.1, -0.05) is 0 Å². The molecule has 0 spiro atoms. The highest BCUT2D eigenvalue weighted by molar-refractivity contribution is 4.97. The van der Waals surface area contributed by atoms with Crippen molar-refractivity contribution in [3.63, 3.8) is 0 Å². The van der Waals surface area contributed by atoms with Gasteiger partial charge in [-0.3, -0.25) is 0 Å². The molecule has 98 valence electrons. The average Bonchev–Trinajstić information content (AvgIpc) is 2.90. The molecule has 0 radical (unpaired) electrons. The van der Waals surface area contributed by atoms with Crippen molar-refractivity contribution < 1.29 is 23.7 Å². The highest BCUT2D eigenvalue weighted by atomic mass is 16.8. The Bertz CT molecular complexity index is 310. The van der Waals surface area contributed by atoms with E-state index in [9.17, 15) is 0 Å². The van der Waals surface area contributed by atoms with E-state index in [0.717, 1.165) is 6.61 Å². The van der Waals surface area contributed by atoms with Crippen LogP contribution in [0.3, 0.4) is 0 Å². The van der Waals surface area contributed by atoms with Crippen molar-refractivity contribution >= 4 is 0 Å². The van der Waals surface area contributed by atoms with E-state index in [0.29, 0.717) is 6.61 Å². The van der Waals surface area contributed by atoms with Crippen molar-refractivity contribution in [1.82, 2.24) is 0 Å². The molecule has 3 aliphatic rings. The van der Waals surface area contributed by atoms with Gasteiger partial charge in [0.2, 0.25) is 0 Å². The minimum absolute atomic E-state index is 0.0486. The Morgan fingerprint density at radius 3 is 1.82 bits per heavy atom. The van der Waals surface area contributed by atoms with Crippen LogP contribution in [0.2, 0.25) is 0 Å². The fourth-order valence-electron chi connectivity index (χ4n) is 2.51. The van der Waals surface area contributed by atoms with E-state index in [1.807, 2.05) is 27.7 Å². The van der Waals surface area contributed by atoms with Crippen molar-refractivity contribution in [2.45, 2.75) is 63.7 Å². The van der Waals surface area contributed by atoms with Gasteiger partial charge in [0.25, 0.3) is 0 Å². The third kappa shape index (κ3) is 2.35. The average molecular weight is 244 g/mol. The van der Waals surface area contributed by atoms with Gasteiger partial charge < -0.3 is 23.7 Å². The molecule has 0 aromatic rings. The molecule has 0 aromatic heterocycles. The van der Waals surface area contributed by atoms with Crippen molar-refractivity contribution in [2.24, 2.45) is 0 Å². The molecule has 5 heteroatoms. The molecular weight excluding hydrogens is 224 g/mol. The number of hydrogen-bond donors (Lipinski definition) is 0. The predicted octanol–water partition coefficient (Wildman–Crippen LogP) is 1.06. The predicted molar refractivity (Wildman–Crippen MR) is 58.5 cm³/mol. The lowest BCUT2D eigenvalue weighted by Gasteiger charge is -2.23. The Morgan fingerprint density at radius 2 is 1.35 bits per heavy atom. The monoisotopic (exact) mass is 244 g/mol. The summed E-state index contributed by atoms with van der Waals surface area (Å²) in [6, 6.07) is 0. The smallest absolute Gasteiger partial charge is 0.164 e. The number of epoxide rings is 1. The molecule has 0 N–H and O–H groups in total. The van der Waals surface area contributed by atoms with Gasteiger partial charge >= 0.3 is 0 Å². The van der Waals surface area contributed by atoms with Gasteiger partial charge in [-0.15, -0.1) is 0 Å². The van der Waals surface area contributed by atoms with Crippen LogP contribution in [-0.2, 0) is 23.7 Å². The minimum atomic E-state index is -0.572. The Labute approximate surface area is 101 Å². The lowest BCUT2D eigenvalue weighted by Crippen LogP contribution is -2.40. The van der Waals surface area contributed by atoms with Crippen molar-refractivity contribution in [1.29, 1.82) is 0 Å². The van der Waals surface area contributed by atoms with E-state index in [1.165, 1.54) is 0 Å². The number of rotatable bonds is 2. The Hall–Kier alpha value is -0.200. The van der Waals surface area contributed by atoms with Crippen LogP contribution in [0, 0.1) is 0 Å². The first-order chi connectivity index (χ1) is 7.86. The van der Waals surface area contributed by atoms with E-state index in [2.05, 4.69) is 0 Å². The summed E-state index contributed by atoms with van der Waals surface area (Å²) in [7, 11) is 0. The molecule has 0 unspecified atom stereocenters. The van der Waals surface area contributed by atoms with Crippen LogP contribution in [0.4, 0.5) is 0 Å². The molecule has 3 aliphatic heterocycles. The van der Waals surface area contributed by atoms with Crippen LogP contribution < -0.4 is 0 Å². The second-order valence-corrected chi connectivity index (χ2v) is 5.80. The molecule has 0 amide bonds. The molecule has 3 rings (SSSR count). The maximum atomic E-state index is 5.93. The third-order valence-electron chi connectivity index (χ3n) is 3.29. The van der Waals surface area contributed by atoms with Crippen molar-refractivity contribution in [3.05, 3.63) is 0 Å². The lowest BCUT2D eigenvalue weighted by molar-refractivity contribution is -0.174. The normalized spacial score (nSPS) is 47.3. The zero-order valence-electron chi connectivity index (χ0n) is 10.8. The highest BCUT2D eigenvalue weighted by Crippen LogP contribution is 2.39. The Morgan fingerprint density at radius 1 is 0.765 bits per heavy atom. The van der Waals surface area contributed by atoms with Crippen LogP contribution >= 0.6 is 0 Å². The van der Waals surface area contributed by atoms with Gasteiger partial charge in [-0.25, -0.2) is 0 Å². The first kappa shape index (κ1) is 11.9. The second kappa shape index (κ2) is 3.65. The standard InChI is InChI=1S/C12H20O5/c1-11(2)14-6-8(15-11)10-9(7-5-13-7)16-12(3,4)17-10/h7-10H,5-6H2,1-4H3/t7-,8-,9+,10+/m1/s1. The summed E-state index contributed by atoms with van der Waals surface area (Å²) in [4.78, 5) is 0. The van der Waals surface area contributed by atoms with Crippen molar-refractivity contribution in [2.75, 3.05) is 13.2 Å². The maximum Gasteiger partial charge on any atom is 0.164 e. The Kier molecular flexibility index (Phi) is 2.55. The molecule has 17 heavy (non-hydrogen) atoms. The van der Waals surface area contributed by atoms with Crippen LogP contribution in [0.5, 0.6) is 0 Å². The zero-order valence-corrected chi connectivity index (χ0v) is 10.8. The minimum Gasteiger partial charge on any atom is -0.370 e. The summed E-state index contributed by atoms with van der Waals surface area (Å²) < 4.78 is 28.6. The first-order valence-electron chi connectivity index (χ1n) is 6.15. The second-order valence-electron chi connectivity index (χ2n) is 5.80. The van der Waals surface area contributed by atoms with Gasteiger partial charge in [0.05, 0.1) is 13.2 Å². The van der Waals surface area contributed by atoms with Crippen LogP contribution in [0.25, 0.3) is 0 Å². The summed E-state index contributed by atoms with van der Waals surface area (Å²) >= 11 is 0. The van der Waals surface area contributed by atoms with Gasteiger partial charge in [0.1, 0.15) is 24.4 Å². The number of ether oxygens (including phenoxy) is 5. The molecule has 4 atom stereocenters. The van der Waals surface area contributed by atoms with Crippen LogP contribution in [-0.4, -0.2) is 49.2 Å². The summed E-state index contributed by atoms with van der Waals surface area (Å²) in [5.41, 5.74) is 0. The van der Waals surface area contributed by atoms with Crippen LogP contribution in [0.1, 0.15) is 27.7 Å². The largest absolute Gasteiger partial charge is 0.370 e. The molecule has 3 heterocycles. The van der Waals surface area contributed by atoms with Gasteiger partial charge in [-0.2, -0.15) is 0 Å². The molecule has 0 aliphatic carbocycles. The fraction of sp³-hybridized carbons (Fsp3) is 1.00. The van der Waals surface area contributed by atoms with E-state index in [-0.39, 0.29) is 24.4 Å². The molecule has 0 saturated carbocycles. The summed E-state index contributed by atoms with van der Waals surface area (Å²) in [6.45, 7) is 8.96. The SMILES string of the molecule is CC1(C)O[C@@H]([C@H]2CO2)[C@H]([C@H]2COC(C)(C)O2)O1. The first-order valence-corrected chi connectivity index (χ1v) is 6.15. The highest BCUT2D eigenvalue weighted by Gasteiger charge is 2.55. The van der Waals surface area contributed by atoms with Crippen molar-refractivity contribution in [3.8, 4) is 0 Å². The molecule has 3 fully saturated rings. The van der Waals surface area contributed by atoms with Gasteiger partial charge in [0, 0.05) is 0 Å². The quantitative estimate of drug-likeness (QED) is 0.680. The lowest BCUT2D eigenvalue weighted by atomic mass is 10.1. The molecule has 3 saturated heterocycles. The Balaban J connectivity index is 1.73. The fourth-order valence-corrected chi connectivity index (χ4v) is 2.51. The maximum absolute atomic E-state index is 5.93. The molecule has 0 bridgehead atoms. The van der Waals surface area contributed by atoms with E-state index in [1.54, 1.807) is 0 Å². The summed E-state index contributed by atoms with van der Waals surface area (Å²) in [5, 5.41) is 0.